The van der Waals surface area contributed by atoms with Crippen molar-refractivity contribution in [1.29, 1.82) is 5.26 Å². The van der Waals surface area contributed by atoms with E-state index in [1.165, 1.54) is 0 Å². The number of unbranched alkanes of at least 4 members (excludes halogenated alkanes) is 1. The number of carbonyl (C=O) groups excluding carboxylic acids is 2. The summed E-state index contributed by atoms with van der Waals surface area (Å²) in [6.45, 7) is 2.74. The number of hydrogen-bond donors (Lipinski definition) is 2. The zero-order valence-corrected chi connectivity index (χ0v) is 12.1. The smallest absolute Gasteiger partial charge is 0.228 e. The molecule has 0 radical (unpaired) electrons. The predicted octanol–water partition coefficient (Wildman–Crippen LogP) is 2.05. The van der Waals surface area contributed by atoms with Gasteiger partial charge < -0.3 is 10.6 Å². The molecule has 1 aliphatic carbocycles. The van der Waals surface area contributed by atoms with E-state index in [4.69, 9.17) is 5.26 Å². The number of nitrogens with zero attached hydrogens (tertiary/aromatic N) is 1. The van der Waals surface area contributed by atoms with Gasteiger partial charge in [0, 0.05) is 12.2 Å². The maximum atomic E-state index is 12.0. The first-order valence-corrected chi connectivity index (χ1v) is 7.24. The van der Waals surface area contributed by atoms with Gasteiger partial charge in [-0.3, -0.25) is 9.59 Å². The number of rotatable bonds is 6. The van der Waals surface area contributed by atoms with Gasteiger partial charge in [-0.25, -0.2) is 0 Å². The summed E-state index contributed by atoms with van der Waals surface area (Å²) in [6.07, 6.45) is 2.59. The fraction of sp³-hybridized carbons (Fsp3) is 0.438. The van der Waals surface area contributed by atoms with Crippen molar-refractivity contribution in [2.45, 2.75) is 26.2 Å². The quantitative estimate of drug-likeness (QED) is 0.785. The SMILES string of the molecule is CCCCNC(=O)C1CC1C(=O)Nc1cccc(C#N)c1. The third kappa shape index (κ3) is 4.06. The van der Waals surface area contributed by atoms with Crippen molar-refractivity contribution in [2.75, 3.05) is 11.9 Å². The van der Waals surface area contributed by atoms with Crippen molar-refractivity contribution in [2.24, 2.45) is 11.8 Å². The first-order valence-electron chi connectivity index (χ1n) is 7.24. The van der Waals surface area contributed by atoms with E-state index in [2.05, 4.69) is 17.6 Å². The van der Waals surface area contributed by atoms with Crippen LogP contribution < -0.4 is 10.6 Å². The molecule has 0 heterocycles. The van der Waals surface area contributed by atoms with Crippen LogP contribution in [-0.4, -0.2) is 18.4 Å². The molecule has 2 amide bonds. The van der Waals surface area contributed by atoms with Gasteiger partial charge in [-0.1, -0.05) is 19.4 Å². The number of anilines is 1. The number of nitriles is 1. The molecule has 0 saturated heterocycles. The average molecular weight is 285 g/mol. The van der Waals surface area contributed by atoms with E-state index in [0.717, 1.165) is 12.8 Å². The zero-order valence-electron chi connectivity index (χ0n) is 12.1. The maximum Gasteiger partial charge on any atom is 0.228 e. The number of carbonyl (C=O) groups is 2. The van der Waals surface area contributed by atoms with Gasteiger partial charge in [0.15, 0.2) is 0 Å². The second-order valence-electron chi connectivity index (χ2n) is 5.28. The van der Waals surface area contributed by atoms with Crippen LogP contribution in [0, 0.1) is 23.2 Å². The Bertz CT molecular complexity index is 577. The maximum absolute atomic E-state index is 12.0. The van der Waals surface area contributed by atoms with Crippen LogP contribution in [0.2, 0.25) is 0 Å². The molecule has 1 aromatic carbocycles. The van der Waals surface area contributed by atoms with Gasteiger partial charge in [-0.15, -0.1) is 0 Å². The van der Waals surface area contributed by atoms with Gasteiger partial charge in [0.05, 0.1) is 23.5 Å². The molecule has 2 atom stereocenters. The third-order valence-corrected chi connectivity index (χ3v) is 3.55. The van der Waals surface area contributed by atoms with Gasteiger partial charge in [0.25, 0.3) is 0 Å². The van der Waals surface area contributed by atoms with E-state index in [-0.39, 0.29) is 23.7 Å². The average Bonchev–Trinajstić information content (AvgIpc) is 3.28. The highest BCUT2D eigenvalue weighted by atomic mass is 16.2. The van der Waals surface area contributed by atoms with E-state index in [9.17, 15) is 9.59 Å². The topological polar surface area (TPSA) is 82.0 Å². The van der Waals surface area contributed by atoms with Crippen LogP contribution in [0.4, 0.5) is 5.69 Å². The Labute approximate surface area is 124 Å². The number of hydrogen-bond acceptors (Lipinski definition) is 3. The summed E-state index contributed by atoms with van der Waals surface area (Å²) in [5.41, 5.74) is 1.09. The van der Waals surface area contributed by atoms with Gasteiger partial charge in [0.1, 0.15) is 0 Å². The molecule has 110 valence electrons. The molecule has 0 aliphatic heterocycles. The first-order chi connectivity index (χ1) is 10.2. The summed E-state index contributed by atoms with van der Waals surface area (Å²) in [6, 6.07) is 8.78. The van der Waals surface area contributed by atoms with Crippen molar-refractivity contribution < 1.29 is 9.59 Å². The molecule has 0 aromatic heterocycles. The van der Waals surface area contributed by atoms with Crippen LogP contribution in [0.3, 0.4) is 0 Å². The third-order valence-electron chi connectivity index (χ3n) is 3.55. The van der Waals surface area contributed by atoms with Crippen molar-refractivity contribution >= 4 is 17.5 Å². The van der Waals surface area contributed by atoms with Gasteiger partial charge in [-0.2, -0.15) is 5.26 Å². The standard InChI is InChI=1S/C16H19N3O2/c1-2-3-7-18-15(20)13-9-14(13)16(21)19-12-6-4-5-11(8-12)10-17/h4-6,8,13-14H,2-3,7,9H2,1H3,(H,18,20)(H,19,21). The summed E-state index contributed by atoms with van der Waals surface area (Å²) < 4.78 is 0. The van der Waals surface area contributed by atoms with Gasteiger partial charge in [-0.05, 0) is 31.0 Å². The largest absolute Gasteiger partial charge is 0.356 e. The molecule has 1 fully saturated rings. The highest BCUT2D eigenvalue weighted by Gasteiger charge is 2.47. The highest BCUT2D eigenvalue weighted by Crippen LogP contribution is 2.39. The predicted molar refractivity (Wildman–Crippen MR) is 79.3 cm³/mol. The minimum absolute atomic E-state index is 0.0330. The van der Waals surface area contributed by atoms with Crippen LogP contribution >= 0.6 is 0 Å². The summed E-state index contributed by atoms with van der Waals surface area (Å²) >= 11 is 0. The second kappa shape index (κ2) is 6.89. The van der Waals surface area contributed by atoms with Gasteiger partial charge in [0.2, 0.25) is 11.8 Å². The Morgan fingerprint density at radius 1 is 1.33 bits per heavy atom. The molecule has 2 unspecified atom stereocenters. The molecule has 2 rings (SSSR count). The highest BCUT2D eigenvalue weighted by molar-refractivity contribution is 5.99. The Hall–Kier alpha value is -2.35. The molecular weight excluding hydrogens is 266 g/mol. The molecular formula is C16H19N3O2. The van der Waals surface area contributed by atoms with Crippen LogP contribution in [0.25, 0.3) is 0 Å². The monoisotopic (exact) mass is 285 g/mol. The fourth-order valence-corrected chi connectivity index (χ4v) is 2.20. The number of nitrogens with one attached hydrogen (secondary N) is 2. The van der Waals surface area contributed by atoms with Crippen molar-refractivity contribution in [1.82, 2.24) is 5.32 Å². The molecule has 2 N–H and O–H groups in total. The van der Waals surface area contributed by atoms with E-state index >= 15 is 0 Å². The molecule has 1 saturated carbocycles. The molecule has 21 heavy (non-hydrogen) atoms. The molecule has 0 bridgehead atoms. The fourth-order valence-electron chi connectivity index (χ4n) is 2.20. The molecule has 1 aliphatic rings. The Balaban J connectivity index is 1.83. The van der Waals surface area contributed by atoms with Crippen molar-refractivity contribution in [3.8, 4) is 6.07 Å². The van der Waals surface area contributed by atoms with Crippen LogP contribution in [-0.2, 0) is 9.59 Å². The minimum Gasteiger partial charge on any atom is -0.356 e. The van der Waals surface area contributed by atoms with Gasteiger partial charge >= 0.3 is 0 Å². The number of amides is 2. The number of benzene rings is 1. The van der Waals surface area contributed by atoms with E-state index in [1.807, 2.05) is 6.07 Å². The van der Waals surface area contributed by atoms with Crippen LogP contribution in [0.15, 0.2) is 24.3 Å². The second-order valence-corrected chi connectivity index (χ2v) is 5.28. The zero-order chi connectivity index (χ0) is 15.2. The lowest BCUT2D eigenvalue weighted by Crippen LogP contribution is -2.28. The molecule has 5 heteroatoms. The Kier molecular flexibility index (Phi) is 4.94. The lowest BCUT2D eigenvalue weighted by molar-refractivity contribution is -0.125. The van der Waals surface area contributed by atoms with Crippen molar-refractivity contribution in [3.63, 3.8) is 0 Å². The van der Waals surface area contributed by atoms with E-state index in [0.29, 0.717) is 24.2 Å². The van der Waals surface area contributed by atoms with Crippen LogP contribution in [0.1, 0.15) is 31.7 Å². The normalized spacial score (nSPS) is 19.4. The lowest BCUT2D eigenvalue weighted by Gasteiger charge is -2.06. The first kappa shape index (κ1) is 15.0. The minimum atomic E-state index is -0.252. The van der Waals surface area contributed by atoms with E-state index < -0.39 is 0 Å². The Morgan fingerprint density at radius 3 is 2.81 bits per heavy atom. The molecule has 5 nitrogen and oxygen atoms in total. The van der Waals surface area contributed by atoms with E-state index in [1.54, 1.807) is 24.3 Å². The molecule has 1 aromatic rings. The summed E-state index contributed by atoms with van der Waals surface area (Å²) in [4.78, 5) is 23.9. The lowest BCUT2D eigenvalue weighted by atomic mass is 10.2. The Morgan fingerprint density at radius 2 is 2.10 bits per heavy atom. The molecule has 0 spiro atoms. The summed E-state index contributed by atoms with van der Waals surface area (Å²) in [5, 5.41) is 14.4. The summed E-state index contributed by atoms with van der Waals surface area (Å²) in [5.74, 6) is -0.645. The van der Waals surface area contributed by atoms with Crippen LogP contribution in [0.5, 0.6) is 0 Å². The van der Waals surface area contributed by atoms with Crippen molar-refractivity contribution in [3.05, 3.63) is 29.8 Å². The summed E-state index contributed by atoms with van der Waals surface area (Å²) in [7, 11) is 0.